The molecule has 1 aromatic carbocycles. The Morgan fingerprint density at radius 2 is 1.90 bits per heavy atom. The predicted octanol–water partition coefficient (Wildman–Crippen LogP) is 2.90. The summed E-state index contributed by atoms with van der Waals surface area (Å²) in [5.41, 5.74) is -0.0411. The molecule has 1 fully saturated rings. The number of amides is 2. The molecule has 0 spiro atoms. The highest BCUT2D eigenvalue weighted by atomic mass is 16.5. The van der Waals surface area contributed by atoms with Crippen LogP contribution in [0, 0.1) is 0 Å². The highest BCUT2D eigenvalue weighted by molar-refractivity contribution is 5.89. The van der Waals surface area contributed by atoms with Crippen molar-refractivity contribution < 1.29 is 14.6 Å². The first-order valence-corrected chi connectivity index (χ1v) is 7.61. The van der Waals surface area contributed by atoms with Gasteiger partial charge in [-0.1, -0.05) is 19.3 Å². The second-order valence-electron chi connectivity index (χ2n) is 5.55. The van der Waals surface area contributed by atoms with Gasteiger partial charge in [0.25, 0.3) is 0 Å². The van der Waals surface area contributed by atoms with Gasteiger partial charge in [-0.15, -0.1) is 0 Å². The van der Waals surface area contributed by atoms with Crippen LogP contribution in [0.2, 0.25) is 0 Å². The summed E-state index contributed by atoms with van der Waals surface area (Å²) < 4.78 is 5.34. The Morgan fingerprint density at radius 1 is 1.24 bits per heavy atom. The van der Waals surface area contributed by atoms with Gasteiger partial charge < -0.3 is 20.5 Å². The van der Waals surface area contributed by atoms with Crippen molar-refractivity contribution in [3.8, 4) is 5.75 Å². The smallest absolute Gasteiger partial charge is 0.319 e. The van der Waals surface area contributed by atoms with Crippen LogP contribution < -0.4 is 15.4 Å². The topological polar surface area (TPSA) is 70.6 Å². The molecule has 0 bridgehead atoms. The molecule has 0 unspecified atom stereocenters. The van der Waals surface area contributed by atoms with Gasteiger partial charge in [-0.2, -0.15) is 0 Å². The first kappa shape index (κ1) is 15.6. The molecule has 0 atom stereocenters. The molecule has 2 amide bonds. The van der Waals surface area contributed by atoms with E-state index in [1.807, 2.05) is 19.1 Å². The minimum atomic E-state index is -0.742. The summed E-state index contributed by atoms with van der Waals surface area (Å²) in [6.45, 7) is 2.84. The number of nitrogens with one attached hydrogen (secondary N) is 2. The van der Waals surface area contributed by atoms with E-state index in [1.54, 1.807) is 12.1 Å². The van der Waals surface area contributed by atoms with Gasteiger partial charge >= 0.3 is 6.03 Å². The lowest BCUT2D eigenvalue weighted by molar-refractivity contribution is 0.00755. The van der Waals surface area contributed by atoms with Gasteiger partial charge in [-0.25, -0.2) is 4.79 Å². The highest BCUT2D eigenvalue weighted by Crippen LogP contribution is 2.27. The Labute approximate surface area is 125 Å². The number of benzene rings is 1. The number of aliphatic hydroxyl groups is 1. The molecule has 1 aliphatic rings. The summed E-state index contributed by atoms with van der Waals surface area (Å²) in [5.74, 6) is 0.778. The maximum atomic E-state index is 11.8. The number of urea groups is 1. The first-order chi connectivity index (χ1) is 10.1. The van der Waals surface area contributed by atoms with Gasteiger partial charge in [0.15, 0.2) is 0 Å². The monoisotopic (exact) mass is 292 g/mol. The SMILES string of the molecule is CCOc1ccc(NC(=O)NCC2(O)CCCCC2)cc1. The van der Waals surface area contributed by atoms with E-state index in [4.69, 9.17) is 4.74 Å². The van der Waals surface area contributed by atoms with Crippen LogP contribution in [-0.2, 0) is 0 Å². The van der Waals surface area contributed by atoms with Crippen LogP contribution in [0.1, 0.15) is 39.0 Å². The lowest BCUT2D eigenvalue weighted by Gasteiger charge is -2.32. The molecule has 116 valence electrons. The molecule has 0 aliphatic heterocycles. The fourth-order valence-electron chi connectivity index (χ4n) is 2.61. The molecule has 0 aromatic heterocycles. The maximum absolute atomic E-state index is 11.8. The Kier molecular flexibility index (Phi) is 5.44. The van der Waals surface area contributed by atoms with E-state index < -0.39 is 5.60 Å². The number of carbonyl (C=O) groups excluding carboxylic acids is 1. The minimum absolute atomic E-state index is 0.293. The fourth-order valence-corrected chi connectivity index (χ4v) is 2.61. The predicted molar refractivity (Wildman–Crippen MR) is 82.7 cm³/mol. The Balaban J connectivity index is 1.78. The lowest BCUT2D eigenvalue weighted by atomic mass is 9.85. The van der Waals surface area contributed by atoms with E-state index in [9.17, 15) is 9.90 Å². The third-order valence-electron chi connectivity index (χ3n) is 3.79. The molecule has 0 saturated heterocycles. The van der Waals surface area contributed by atoms with E-state index in [1.165, 1.54) is 6.42 Å². The number of ether oxygens (including phenoxy) is 1. The van der Waals surface area contributed by atoms with E-state index in [2.05, 4.69) is 10.6 Å². The fraction of sp³-hybridized carbons (Fsp3) is 0.562. The molecule has 5 nitrogen and oxygen atoms in total. The van der Waals surface area contributed by atoms with Crippen molar-refractivity contribution in [2.24, 2.45) is 0 Å². The minimum Gasteiger partial charge on any atom is -0.494 e. The number of hydrogen-bond donors (Lipinski definition) is 3. The van der Waals surface area contributed by atoms with E-state index in [0.717, 1.165) is 31.4 Å². The van der Waals surface area contributed by atoms with Gasteiger partial charge in [0.05, 0.1) is 12.2 Å². The first-order valence-electron chi connectivity index (χ1n) is 7.61. The Hall–Kier alpha value is -1.75. The average Bonchev–Trinajstić information content (AvgIpc) is 2.49. The van der Waals surface area contributed by atoms with Gasteiger partial charge in [-0.05, 0) is 44.0 Å². The third kappa shape index (κ3) is 4.93. The van der Waals surface area contributed by atoms with Gasteiger partial charge in [0.1, 0.15) is 5.75 Å². The van der Waals surface area contributed by atoms with Gasteiger partial charge in [0, 0.05) is 12.2 Å². The van der Waals surface area contributed by atoms with Crippen molar-refractivity contribution in [2.45, 2.75) is 44.6 Å². The Morgan fingerprint density at radius 3 is 2.52 bits per heavy atom. The zero-order valence-corrected chi connectivity index (χ0v) is 12.5. The molecule has 1 aromatic rings. The number of carbonyl (C=O) groups is 1. The second kappa shape index (κ2) is 7.31. The number of hydrogen-bond acceptors (Lipinski definition) is 3. The van der Waals surface area contributed by atoms with Crippen LogP contribution in [0.4, 0.5) is 10.5 Å². The molecule has 2 rings (SSSR count). The molecule has 0 radical (unpaired) electrons. The zero-order valence-electron chi connectivity index (χ0n) is 12.5. The van der Waals surface area contributed by atoms with E-state index in [0.29, 0.717) is 18.8 Å². The molecule has 3 N–H and O–H groups in total. The molecule has 21 heavy (non-hydrogen) atoms. The van der Waals surface area contributed by atoms with Crippen molar-refractivity contribution >= 4 is 11.7 Å². The van der Waals surface area contributed by atoms with E-state index >= 15 is 0 Å². The van der Waals surface area contributed by atoms with Gasteiger partial charge in [0.2, 0.25) is 0 Å². The molecule has 1 aliphatic carbocycles. The van der Waals surface area contributed by atoms with Crippen LogP contribution in [-0.4, -0.2) is 29.9 Å². The maximum Gasteiger partial charge on any atom is 0.319 e. The number of anilines is 1. The largest absolute Gasteiger partial charge is 0.494 e. The second-order valence-corrected chi connectivity index (χ2v) is 5.55. The molecule has 1 saturated carbocycles. The summed E-state index contributed by atoms with van der Waals surface area (Å²) in [6, 6.07) is 6.92. The van der Waals surface area contributed by atoms with Crippen molar-refractivity contribution in [3.63, 3.8) is 0 Å². The van der Waals surface area contributed by atoms with E-state index in [-0.39, 0.29) is 6.03 Å². The van der Waals surface area contributed by atoms with Crippen LogP contribution in [0.25, 0.3) is 0 Å². The van der Waals surface area contributed by atoms with Gasteiger partial charge in [-0.3, -0.25) is 0 Å². The lowest BCUT2D eigenvalue weighted by Crippen LogP contribution is -2.45. The van der Waals surface area contributed by atoms with Crippen molar-refractivity contribution in [1.29, 1.82) is 0 Å². The number of rotatable bonds is 5. The van der Waals surface area contributed by atoms with Crippen LogP contribution in [0.5, 0.6) is 5.75 Å². The van der Waals surface area contributed by atoms with Crippen LogP contribution >= 0.6 is 0 Å². The van der Waals surface area contributed by atoms with Crippen molar-refractivity contribution in [3.05, 3.63) is 24.3 Å². The Bertz CT molecular complexity index is 453. The summed E-state index contributed by atoms with van der Waals surface area (Å²) in [5, 5.41) is 15.8. The van der Waals surface area contributed by atoms with Crippen molar-refractivity contribution in [2.75, 3.05) is 18.5 Å². The summed E-state index contributed by atoms with van der Waals surface area (Å²) >= 11 is 0. The average molecular weight is 292 g/mol. The summed E-state index contributed by atoms with van der Waals surface area (Å²) in [6.07, 6.45) is 4.74. The van der Waals surface area contributed by atoms with Crippen LogP contribution in [0.15, 0.2) is 24.3 Å². The summed E-state index contributed by atoms with van der Waals surface area (Å²) in [4.78, 5) is 11.8. The zero-order chi connectivity index (χ0) is 15.1. The molecular weight excluding hydrogens is 268 g/mol. The molecule has 5 heteroatoms. The van der Waals surface area contributed by atoms with Crippen LogP contribution in [0.3, 0.4) is 0 Å². The quantitative estimate of drug-likeness (QED) is 0.781. The molecule has 0 heterocycles. The summed E-state index contributed by atoms with van der Waals surface area (Å²) in [7, 11) is 0. The highest BCUT2D eigenvalue weighted by Gasteiger charge is 2.29. The normalized spacial score (nSPS) is 17.0. The third-order valence-corrected chi connectivity index (χ3v) is 3.79. The standard InChI is InChI=1S/C16H24N2O3/c1-2-21-14-8-6-13(7-9-14)18-15(19)17-12-16(20)10-4-3-5-11-16/h6-9,20H,2-5,10-12H2,1H3,(H2,17,18,19). The van der Waals surface area contributed by atoms with Crippen molar-refractivity contribution in [1.82, 2.24) is 5.32 Å². The molecular formula is C16H24N2O3.